The fraction of sp³-hybridized carbons (Fsp3) is 0.214. The monoisotopic (exact) mass is 481 g/mol. The highest BCUT2D eigenvalue weighted by molar-refractivity contribution is 6.25. The van der Waals surface area contributed by atoms with Crippen LogP contribution in [0.2, 0.25) is 0 Å². The van der Waals surface area contributed by atoms with E-state index in [9.17, 15) is 14.4 Å². The lowest BCUT2D eigenvalue weighted by atomic mass is 9.86. The summed E-state index contributed by atoms with van der Waals surface area (Å²) in [5.74, 6) is -1.70. The van der Waals surface area contributed by atoms with Crippen molar-refractivity contribution in [2.24, 2.45) is 16.9 Å². The molecule has 2 saturated heterocycles. The van der Waals surface area contributed by atoms with Crippen LogP contribution in [-0.2, 0) is 9.59 Å². The highest BCUT2D eigenvalue weighted by Crippen LogP contribution is 2.46. The van der Waals surface area contributed by atoms with Gasteiger partial charge < -0.3 is 9.47 Å². The van der Waals surface area contributed by atoms with E-state index in [0.717, 1.165) is 10.8 Å². The Labute approximate surface area is 207 Å². The maximum atomic E-state index is 13.9. The molecule has 0 spiro atoms. The Hall–Kier alpha value is -4.46. The normalized spacial score (nSPS) is 24.3. The smallest absolute Gasteiger partial charge is 0.240 e. The Balaban J connectivity index is 1.42. The Morgan fingerprint density at radius 3 is 2.39 bits per heavy atom. The lowest BCUT2D eigenvalue weighted by molar-refractivity contribution is -0.123. The zero-order valence-corrected chi connectivity index (χ0v) is 19.7. The first-order valence-electron chi connectivity index (χ1n) is 11.7. The summed E-state index contributed by atoms with van der Waals surface area (Å²) in [6, 6.07) is 16.7. The number of anilines is 1. The van der Waals surface area contributed by atoms with E-state index in [-0.39, 0.29) is 11.7 Å². The van der Waals surface area contributed by atoms with Crippen LogP contribution >= 0.6 is 0 Å². The van der Waals surface area contributed by atoms with E-state index < -0.39 is 29.8 Å². The van der Waals surface area contributed by atoms with E-state index >= 15 is 0 Å². The van der Waals surface area contributed by atoms with E-state index in [4.69, 9.17) is 9.47 Å². The molecule has 3 heterocycles. The summed E-state index contributed by atoms with van der Waals surface area (Å²) >= 11 is 0. The van der Waals surface area contributed by atoms with Crippen molar-refractivity contribution in [3.05, 3.63) is 78.4 Å². The van der Waals surface area contributed by atoms with E-state index in [2.05, 4.69) is 5.10 Å². The van der Waals surface area contributed by atoms with Gasteiger partial charge >= 0.3 is 0 Å². The summed E-state index contributed by atoms with van der Waals surface area (Å²) in [7, 11) is 3.01. The van der Waals surface area contributed by atoms with Gasteiger partial charge in [0.1, 0.15) is 6.04 Å². The molecular weight excluding hydrogens is 458 g/mol. The van der Waals surface area contributed by atoms with Crippen molar-refractivity contribution in [3.63, 3.8) is 0 Å². The second kappa shape index (κ2) is 8.34. The molecule has 3 aromatic rings. The van der Waals surface area contributed by atoms with Gasteiger partial charge in [0.05, 0.1) is 37.8 Å². The van der Waals surface area contributed by atoms with Crippen molar-refractivity contribution in [1.29, 1.82) is 0 Å². The van der Waals surface area contributed by atoms with Gasteiger partial charge in [-0.05, 0) is 47.2 Å². The molecule has 3 aliphatic heterocycles. The number of amides is 2. The predicted molar refractivity (Wildman–Crippen MR) is 134 cm³/mol. The molecule has 0 N–H and O–H groups in total. The summed E-state index contributed by atoms with van der Waals surface area (Å²) in [6.45, 7) is 0. The van der Waals surface area contributed by atoms with Crippen molar-refractivity contribution < 1.29 is 23.9 Å². The molecule has 0 radical (unpaired) electrons. The third-order valence-electron chi connectivity index (χ3n) is 7.22. The number of allylic oxidation sites excluding steroid dienone is 1. The number of hydrazone groups is 1. The molecule has 0 bridgehead atoms. The molecule has 2 amide bonds. The SMILES string of the molecule is COc1ccc(C(=O)[C@@H]2[C@@H]3C(=O)N(c4ccc5ccccc5c4)C(=O)[C@@H]3[C@@H]3C=CC=NN23)cc1OC. The highest BCUT2D eigenvalue weighted by Gasteiger charge is 2.64. The molecular formula is C28H23N3O5. The summed E-state index contributed by atoms with van der Waals surface area (Å²) < 4.78 is 10.7. The van der Waals surface area contributed by atoms with Gasteiger partial charge in [-0.1, -0.05) is 36.4 Å². The first kappa shape index (κ1) is 22.0. The number of methoxy groups -OCH3 is 2. The molecule has 8 heteroatoms. The molecule has 0 aliphatic carbocycles. The number of ether oxygens (including phenoxy) is 2. The predicted octanol–water partition coefficient (Wildman–Crippen LogP) is 3.45. The number of Topliss-reactive ketones (excluding diaryl/α,β-unsaturated/α-hetero) is 1. The zero-order valence-electron chi connectivity index (χ0n) is 19.7. The van der Waals surface area contributed by atoms with Crippen LogP contribution < -0.4 is 14.4 Å². The maximum absolute atomic E-state index is 13.9. The number of benzene rings is 3. The number of hydrogen-bond donors (Lipinski definition) is 0. The van der Waals surface area contributed by atoms with Crippen LogP contribution in [0, 0.1) is 11.8 Å². The maximum Gasteiger partial charge on any atom is 0.240 e. The van der Waals surface area contributed by atoms with Gasteiger partial charge in [0.2, 0.25) is 11.8 Å². The molecule has 3 aliphatic rings. The fourth-order valence-electron chi connectivity index (χ4n) is 5.57. The number of nitrogens with zero attached hydrogens (tertiary/aromatic N) is 3. The van der Waals surface area contributed by atoms with Crippen LogP contribution in [0.3, 0.4) is 0 Å². The molecule has 0 unspecified atom stereocenters. The largest absolute Gasteiger partial charge is 0.493 e. The van der Waals surface area contributed by atoms with Crippen molar-refractivity contribution in [1.82, 2.24) is 5.01 Å². The number of imide groups is 1. The van der Waals surface area contributed by atoms with E-state index in [0.29, 0.717) is 22.7 Å². The van der Waals surface area contributed by atoms with Gasteiger partial charge in [0, 0.05) is 11.8 Å². The second-order valence-electron chi connectivity index (χ2n) is 8.99. The van der Waals surface area contributed by atoms with Crippen molar-refractivity contribution >= 4 is 40.3 Å². The minimum absolute atomic E-state index is 0.303. The molecule has 0 aromatic heterocycles. The second-order valence-corrected chi connectivity index (χ2v) is 8.99. The lowest BCUT2D eigenvalue weighted by Crippen LogP contribution is -2.46. The highest BCUT2D eigenvalue weighted by atomic mass is 16.5. The van der Waals surface area contributed by atoms with Crippen LogP contribution in [0.4, 0.5) is 5.69 Å². The summed E-state index contributed by atoms with van der Waals surface area (Å²) in [5.41, 5.74) is 0.858. The molecule has 180 valence electrons. The number of hydrogen-bond acceptors (Lipinski definition) is 7. The van der Waals surface area contributed by atoms with Gasteiger partial charge in [-0.15, -0.1) is 0 Å². The summed E-state index contributed by atoms with van der Waals surface area (Å²) in [5, 5.41) is 7.94. The molecule has 6 rings (SSSR count). The summed E-state index contributed by atoms with van der Waals surface area (Å²) in [6.07, 6.45) is 5.15. The van der Waals surface area contributed by atoms with Gasteiger partial charge in [0.15, 0.2) is 17.3 Å². The van der Waals surface area contributed by atoms with Gasteiger partial charge in [0.25, 0.3) is 0 Å². The molecule has 4 atom stereocenters. The number of fused-ring (bicyclic) bond motifs is 4. The number of ketones is 1. The van der Waals surface area contributed by atoms with Crippen LogP contribution in [0.25, 0.3) is 10.8 Å². The molecule has 2 fully saturated rings. The van der Waals surface area contributed by atoms with E-state index in [1.54, 1.807) is 41.6 Å². The van der Waals surface area contributed by atoms with Crippen molar-refractivity contribution in [3.8, 4) is 11.5 Å². The van der Waals surface area contributed by atoms with Crippen LogP contribution in [0.15, 0.2) is 77.9 Å². The van der Waals surface area contributed by atoms with Gasteiger partial charge in [-0.2, -0.15) is 5.10 Å². The van der Waals surface area contributed by atoms with E-state index in [1.165, 1.54) is 19.1 Å². The Bertz CT molecular complexity index is 1480. The topological polar surface area (TPSA) is 88.5 Å². The third-order valence-corrected chi connectivity index (χ3v) is 7.22. The fourth-order valence-corrected chi connectivity index (χ4v) is 5.57. The number of carbonyl (C=O) groups is 3. The average molecular weight is 482 g/mol. The van der Waals surface area contributed by atoms with Crippen LogP contribution in [-0.4, -0.2) is 55.1 Å². The van der Waals surface area contributed by atoms with Crippen molar-refractivity contribution in [2.75, 3.05) is 19.1 Å². The molecule has 36 heavy (non-hydrogen) atoms. The average Bonchev–Trinajstić information content (AvgIpc) is 3.39. The molecule has 3 aromatic carbocycles. The minimum Gasteiger partial charge on any atom is -0.493 e. The number of carbonyl (C=O) groups excluding carboxylic acids is 3. The van der Waals surface area contributed by atoms with E-state index in [1.807, 2.05) is 42.5 Å². The molecule has 0 saturated carbocycles. The minimum atomic E-state index is -0.929. The van der Waals surface area contributed by atoms with Gasteiger partial charge in [-0.3, -0.25) is 19.4 Å². The standard InChI is InChI=1S/C28H23N3O5/c1-35-21-12-10-18(15-22(21)36-2)26(32)25-24-23(20-8-5-13-29-31(20)25)27(33)30(28(24)34)19-11-9-16-6-3-4-7-17(16)14-19/h3-15,20,23-25H,1-2H3/t20-,23+,24+,25-/m0/s1. The first-order valence-corrected chi connectivity index (χ1v) is 11.7. The quantitative estimate of drug-likeness (QED) is 0.410. The number of rotatable bonds is 5. The van der Waals surface area contributed by atoms with Crippen molar-refractivity contribution in [2.45, 2.75) is 12.1 Å². The molecule has 8 nitrogen and oxygen atoms in total. The van der Waals surface area contributed by atoms with Crippen LogP contribution in [0.5, 0.6) is 11.5 Å². The summed E-state index contributed by atoms with van der Waals surface area (Å²) in [4.78, 5) is 42.7. The lowest BCUT2D eigenvalue weighted by Gasteiger charge is -2.30. The Kier molecular flexibility index (Phi) is 5.10. The Morgan fingerprint density at radius 2 is 1.61 bits per heavy atom. The third kappa shape index (κ3) is 3.14. The zero-order chi connectivity index (χ0) is 25.0. The Morgan fingerprint density at radius 1 is 0.861 bits per heavy atom. The van der Waals surface area contributed by atoms with Gasteiger partial charge in [-0.25, -0.2) is 4.90 Å². The first-order chi connectivity index (χ1) is 17.5. The van der Waals surface area contributed by atoms with Crippen LogP contribution in [0.1, 0.15) is 10.4 Å².